The van der Waals surface area contributed by atoms with Gasteiger partial charge in [-0.2, -0.15) is 0 Å². The lowest BCUT2D eigenvalue weighted by molar-refractivity contribution is -0.0541. The van der Waals surface area contributed by atoms with E-state index in [0.29, 0.717) is 22.2 Å². The largest absolute Gasteiger partial charge is 0.367 e. The molecule has 1 aromatic rings. The van der Waals surface area contributed by atoms with Crippen molar-refractivity contribution in [1.29, 1.82) is 0 Å². The van der Waals surface area contributed by atoms with Crippen molar-refractivity contribution >= 4 is 23.2 Å². The summed E-state index contributed by atoms with van der Waals surface area (Å²) >= 11 is 12.3. The van der Waals surface area contributed by atoms with Crippen LogP contribution in [-0.4, -0.2) is 40.6 Å². The zero-order valence-electron chi connectivity index (χ0n) is 10.9. The molecular formula is C13H17Cl2N3O. The Morgan fingerprint density at radius 3 is 2.74 bits per heavy atom. The summed E-state index contributed by atoms with van der Waals surface area (Å²) in [4.78, 5) is 11.2. The number of morpholine rings is 1. The number of rotatable bonds is 2. The molecule has 0 bridgehead atoms. The predicted octanol–water partition coefficient (Wildman–Crippen LogP) is 2.88. The molecular weight excluding hydrogens is 285 g/mol. The lowest BCUT2D eigenvalue weighted by atomic mass is 10.2. The average Bonchev–Trinajstić information content (AvgIpc) is 2.85. The Hall–Kier alpha value is -0.420. The van der Waals surface area contributed by atoms with Gasteiger partial charge in [0.05, 0.1) is 6.61 Å². The first kappa shape index (κ1) is 13.6. The Bertz CT molecular complexity index is 460. The summed E-state index contributed by atoms with van der Waals surface area (Å²) in [5.41, 5.74) is 0.807. The topological polar surface area (TPSA) is 38.2 Å². The van der Waals surface area contributed by atoms with Crippen LogP contribution in [-0.2, 0) is 11.2 Å². The van der Waals surface area contributed by atoms with E-state index < -0.39 is 0 Å². The molecule has 0 amide bonds. The van der Waals surface area contributed by atoms with Crippen LogP contribution in [0, 0.1) is 0 Å². The van der Waals surface area contributed by atoms with Gasteiger partial charge in [0, 0.05) is 18.2 Å². The van der Waals surface area contributed by atoms with Crippen LogP contribution < -0.4 is 0 Å². The highest BCUT2D eigenvalue weighted by Gasteiger charge is 2.34. The lowest BCUT2D eigenvalue weighted by Gasteiger charge is -2.34. The average molecular weight is 302 g/mol. The van der Waals surface area contributed by atoms with Gasteiger partial charge in [-0.1, -0.05) is 30.1 Å². The van der Waals surface area contributed by atoms with E-state index in [-0.39, 0.29) is 6.10 Å². The Morgan fingerprint density at radius 1 is 1.32 bits per heavy atom. The second-order valence-electron chi connectivity index (χ2n) is 5.11. The number of aromatic nitrogens is 2. The standard InChI is InChI=1S/C13H17Cl2N3O/c1-2-9-11(14)16-13(17-12(9)15)10-6-18-5-3-4-8(18)7-19-10/h8,10H,2-7H2,1H3. The van der Waals surface area contributed by atoms with Gasteiger partial charge in [0.15, 0.2) is 5.82 Å². The predicted molar refractivity (Wildman–Crippen MR) is 74.7 cm³/mol. The summed E-state index contributed by atoms with van der Waals surface area (Å²) in [6.45, 7) is 4.71. The van der Waals surface area contributed by atoms with Crippen molar-refractivity contribution in [3.05, 3.63) is 21.7 Å². The van der Waals surface area contributed by atoms with Gasteiger partial charge in [0.2, 0.25) is 0 Å². The molecule has 0 N–H and O–H groups in total. The summed E-state index contributed by atoms with van der Waals surface area (Å²) < 4.78 is 5.88. The van der Waals surface area contributed by atoms with E-state index in [9.17, 15) is 0 Å². The van der Waals surface area contributed by atoms with E-state index in [2.05, 4.69) is 14.9 Å². The van der Waals surface area contributed by atoms with Gasteiger partial charge in [-0.25, -0.2) is 9.97 Å². The summed E-state index contributed by atoms with van der Waals surface area (Å²) in [5.74, 6) is 0.609. The maximum Gasteiger partial charge on any atom is 0.161 e. The second-order valence-corrected chi connectivity index (χ2v) is 5.82. The molecule has 1 aromatic heterocycles. The van der Waals surface area contributed by atoms with Crippen LogP contribution in [0.25, 0.3) is 0 Å². The fourth-order valence-electron chi connectivity index (χ4n) is 2.86. The van der Waals surface area contributed by atoms with Crippen molar-refractivity contribution in [2.45, 2.75) is 38.3 Å². The van der Waals surface area contributed by atoms with Gasteiger partial charge in [0.25, 0.3) is 0 Å². The quantitative estimate of drug-likeness (QED) is 0.787. The van der Waals surface area contributed by atoms with Crippen molar-refractivity contribution < 1.29 is 4.74 Å². The molecule has 4 nitrogen and oxygen atoms in total. The number of nitrogens with zero attached hydrogens (tertiary/aromatic N) is 3. The SMILES string of the molecule is CCc1c(Cl)nc(C2CN3CCCC3CO2)nc1Cl. The van der Waals surface area contributed by atoms with E-state index in [1.165, 1.54) is 12.8 Å². The molecule has 19 heavy (non-hydrogen) atoms. The van der Waals surface area contributed by atoms with E-state index in [1.807, 2.05) is 6.92 Å². The molecule has 6 heteroatoms. The number of hydrogen-bond acceptors (Lipinski definition) is 4. The molecule has 0 spiro atoms. The zero-order chi connectivity index (χ0) is 13.4. The Morgan fingerprint density at radius 2 is 2.05 bits per heavy atom. The molecule has 104 valence electrons. The van der Waals surface area contributed by atoms with Crippen LogP contribution in [0.4, 0.5) is 0 Å². The monoisotopic (exact) mass is 301 g/mol. The van der Waals surface area contributed by atoms with Crippen molar-refractivity contribution in [3.8, 4) is 0 Å². The van der Waals surface area contributed by atoms with Gasteiger partial charge < -0.3 is 4.74 Å². The molecule has 2 aliphatic rings. The van der Waals surface area contributed by atoms with Gasteiger partial charge in [-0.05, 0) is 25.8 Å². The second kappa shape index (κ2) is 5.52. The first-order chi connectivity index (χ1) is 9.19. The van der Waals surface area contributed by atoms with Crippen molar-refractivity contribution in [1.82, 2.24) is 14.9 Å². The molecule has 3 rings (SSSR count). The van der Waals surface area contributed by atoms with E-state index in [4.69, 9.17) is 27.9 Å². The molecule has 2 unspecified atom stereocenters. The summed E-state index contributed by atoms with van der Waals surface area (Å²) in [6.07, 6.45) is 3.09. The molecule has 2 saturated heterocycles. The van der Waals surface area contributed by atoms with Crippen LogP contribution in [0.2, 0.25) is 10.3 Å². The first-order valence-electron chi connectivity index (χ1n) is 6.76. The van der Waals surface area contributed by atoms with Crippen LogP contribution in [0.3, 0.4) is 0 Å². The summed E-state index contributed by atoms with van der Waals surface area (Å²) in [6, 6.07) is 0.567. The Labute approximate surface area is 123 Å². The number of halogens is 2. The van der Waals surface area contributed by atoms with Gasteiger partial charge in [0.1, 0.15) is 16.4 Å². The maximum atomic E-state index is 6.16. The summed E-state index contributed by atoms with van der Waals surface area (Å²) in [5, 5.41) is 0.897. The molecule has 0 aliphatic carbocycles. The minimum absolute atomic E-state index is 0.116. The van der Waals surface area contributed by atoms with Crippen LogP contribution in [0.5, 0.6) is 0 Å². The third-order valence-corrected chi connectivity index (χ3v) is 4.58. The summed E-state index contributed by atoms with van der Waals surface area (Å²) in [7, 11) is 0. The highest BCUT2D eigenvalue weighted by molar-refractivity contribution is 6.34. The van der Waals surface area contributed by atoms with Crippen LogP contribution in [0.1, 0.15) is 37.3 Å². The normalized spacial score (nSPS) is 27.5. The number of fused-ring (bicyclic) bond motifs is 1. The van der Waals surface area contributed by atoms with E-state index >= 15 is 0 Å². The minimum Gasteiger partial charge on any atom is -0.367 e. The Balaban J connectivity index is 1.82. The molecule has 3 heterocycles. The van der Waals surface area contributed by atoms with Crippen molar-refractivity contribution in [2.75, 3.05) is 19.7 Å². The van der Waals surface area contributed by atoms with Gasteiger partial charge in [-0.3, -0.25) is 4.90 Å². The zero-order valence-corrected chi connectivity index (χ0v) is 12.4. The molecule has 0 aromatic carbocycles. The molecule has 2 fully saturated rings. The minimum atomic E-state index is -0.116. The van der Waals surface area contributed by atoms with Gasteiger partial charge in [-0.15, -0.1) is 0 Å². The van der Waals surface area contributed by atoms with Gasteiger partial charge >= 0.3 is 0 Å². The van der Waals surface area contributed by atoms with Crippen LogP contribution >= 0.6 is 23.2 Å². The number of ether oxygens (including phenoxy) is 1. The third-order valence-electron chi connectivity index (χ3n) is 3.95. The third kappa shape index (κ3) is 2.59. The maximum absolute atomic E-state index is 6.16. The number of hydrogen-bond donors (Lipinski definition) is 0. The van der Waals surface area contributed by atoms with E-state index in [0.717, 1.165) is 31.7 Å². The highest BCUT2D eigenvalue weighted by atomic mass is 35.5. The lowest BCUT2D eigenvalue weighted by Crippen LogP contribution is -2.42. The highest BCUT2D eigenvalue weighted by Crippen LogP contribution is 2.31. The molecule has 2 atom stereocenters. The molecule has 0 radical (unpaired) electrons. The van der Waals surface area contributed by atoms with E-state index in [1.54, 1.807) is 0 Å². The molecule has 0 saturated carbocycles. The fourth-order valence-corrected chi connectivity index (χ4v) is 3.52. The van der Waals surface area contributed by atoms with Crippen molar-refractivity contribution in [3.63, 3.8) is 0 Å². The fraction of sp³-hybridized carbons (Fsp3) is 0.692. The van der Waals surface area contributed by atoms with Crippen LogP contribution in [0.15, 0.2) is 0 Å². The smallest absolute Gasteiger partial charge is 0.161 e. The Kier molecular flexibility index (Phi) is 3.94. The van der Waals surface area contributed by atoms with Crippen molar-refractivity contribution in [2.24, 2.45) is 0 Å². The first-order valence-corrected chi connectivity index (χ1v) is 7.52. The molecule has 2 aliphatic heterocycles.